The molecule has 4 nitrogen and oxygen atoms in total. The van der Waals surface area contributed by atoms with Crippen molar-refractivity contribution in [1.82, 2.24) is 10.3 Å². The predicted molar refractivity (Wildman–Crippen MR) is 77.4 cm³/mol. The predicted octanol–water partition coefficient (Wildman–Crippen LogP) is 2.77. The number of hydrogen-bond acceptors (Lipinski definition) is 4. The van der Waals surface area contributed by atoms with Crippen molar-refractivity contribution >= 4 is 0 Å². The summed E-state index contributed by atoms with van der Waals surface area (Å²) < 4.78 is 11.0. The summed E-state index contributed by atoms with van der Waals surface area (Å²) in [7, 11) is 0. The minimum absolute atomic E-state index is 0.0870. The lowest BCUT2D eigenvalue weighted by molar-refractivity contribution is 0.0542. The molecule has 0 radical (unpaired) electrons. The highest BCUT2D eigenvalue weighted by Crippen LogP contribution is 2.09. The highest BCUT2D eigenvalue weighted by molar-refractivity contribution is 5.15. The normalized spacial score (nSPS) is 11.9. The van der Waals surface area contributed by atoms with E-state index in [0.717, 1.165) is 12.2 Å². The van der Waals surface area contributed by atoms with Crippen molar-refractivity contribution in [3.05, 3.63) is 23.9 Å². The van der Waals surface area contributed by atoms with Crippen LogP contribution < -0.4 is 10.1 Å². The summed E-state index contributed by atoms with van der Waals surface area (Å²) in [6.07, 6.45) is 0.235. The van der Waals surface area contributed by atoms with Gasteiger partial charge >= 0.3 is 0 Å². The molecule has 0 saturated carbocycles. The third-order valence-electron chi connectivity index (χ3n) is 2.37. The Labute approximate surface area is 116 Å². The Kier molecular flexibility index (Phi) is 6.25. The molecule has 0 saturated heterocycles. The summed E-state index contributed by atoms with van der Waals surface area (Å²) in [6.45, 7) is 12.3. The smallest absolute Gasteiger partial charge is 0.213 e. The Hall–Kier alpha value is -1.13. The number of rotatable bonds is 7. The Morgan fingerprint density at radius 1 is 1.21 bits per heavy atom. The maximum atomic E-state index is 5.57. The zero-order valence-electron chi connectivity index (χ0n) is 12.7. The van der Waals surface area contributed by atoms with Crippen LogP contribution in [0, 0.1) is 0 Å². The molecular weight excluding hydrogens is 240 g/mol. The third kappa shape index (κ3) is 7.80. The number of ether oxygens (including phenoxy) is 2. The number of aromatic nitrogens is 1. The van der Waals surface area contributed by atoms with Crippen molar-refractivity contribution in [3.8, 4) is 5.88 Å². The molecule has 0 unspecified atom stereocenters. The van der Waals surface area contributed by atoms with Gasteiger partial charge in [-0.3, -0.25) is 0 Å². The SMILES string of the molecule is CC(C)OCCOc1cccc(CNC(C)(C)C)n1. The van der Waals surface area contributed by atoms with Gasteiger partial charge in [0.05, 0.1) is 18.4 Å². The van der Waals surface area contributed by atoms with Crippen LogP contribution in [0.2, 0.25) is 0 Å². The van der Waals surface area contributed by atoms with Crippen LogP contribution in [0.5, 0.6) is 5.88 Å². The first-order chi connectivity index (χ1) is 8.87. The topological polar surface area (TPSA) is 43.4 Å². The summed E-state index contributed by atoms with van der Waals surface area (Å²) >= 11 is 0. The fourth-order valence-corrected chi connectivity index (χ4v) is 1.42. The summed E-state index contributed by atoms with van der Waals surface area (Å²) in [5.74, 6) is 0.653. The van der Waals surface area contributed by atoms with Gasteiger partial charge in [-0.15, -0.1) is 0 Å². The molecule has 1 heterocycles. The Bertz CT molecular complexity index is 373. The standard InChI is InChI=1S/C15H26N2O2/c1-12(2)18-9-10-19-14-8-6-7-13(17-14)11-16-15(3,4)5/h6-8,12,16H,9-11H2,1-5H3. The lowest BCUT2D eigenvalue weighted by atomic mass is 10.1. The van der Waals surface area contributed by atoms with E-state index in [1.165, 1.54) is 0 Å². The fourth-order valence-electron chi connectivity index (χ4n) is 1.42. The van der Waals surface area contributed by atoms with Gasteiger partial charge in [0.15, 0.2) is 0 Å². The summed E-state index contributed by atoms with van der Waals surface area (Å²) in [4.78, 5) is 4.45. The van der Waals surface area contributed by atoms with E-state index < -0.39 is 0 Å². The van der Waals surface area contributed by atoms with E-state index >= 15 is 0 Å². The molecule has 1 rings (SSSR count). The molecule has 0 aliphatic carbocycles. The van der Waals surface area contributed by atoms with Gasteiger partial charge in [0, 0.05) is 18.2 Å². The van der Waals surface area contributed by atoms with Crippen molar-refractivity contribution in [1.29, 1.82) is 0 Å². The van der Waals surface area contributed by atoms with Gasteiger partial charge in [0.25, 0.3) is 0 Å². The largest absolute Gasteiger partial charge is 0.475 e. The maximum Gasteiger partial charge on any atom is 0.213 e. The molecule has 4 heteroatoms. The molecular formula is C15H26N2O2. The van der Waals surface area contributed by atoms with Gasteiger partial charge in [0.1, 0.15) is 6.61 Å². The number of pyridine rings is 1. The van der Waals surface area contributed by atoms with Gasteiger partial charge in [-0.25, -0.2) is 4.98 Å². The van der Waals surface area contributed by atoms with Crippen LogP contribution in [0.3, 0.4) is 0 Å². The van der Waals surface area contributed by atoms with E-state index in [0.29, 0.717) is 19.1 Å². The van der Waals surface area contributed by atoms with Crippen molar-refractivity contribution < 1.29 is 9.47 Å². The van der Waals surface area contributed by atoms with Crippen molar-refractivity contribution in [2.24, 2.45) is 0 Å². The molecule has 0 aliphatic heterocycles. The highest BCUT2D eigenvalue weighted by atomic mass is 16.5. The lowest BCUT2D eigenvalue weighted by Crippen LogP contribution is -2.35. The van der Waals surface area contributed by atoms with Crippen LogP contribution in [-0.2, 0) is 11.3 Å². The van der Waals surface area contributed by atoms with Crippen LogP contribution in [0.15, 0.2) is 18.2 Å². The molecule has 0 fully saturated rings. The highest BCUT2D eigenvalue weighted by Gasteiger charge is 2.09. The monoisotopic (exact) mass is 266 g/mol. The Balaban J connectivity index is 2.39. The Morgan fingerprint density at radius 3 is 2.58 bits per heavy atom. The molecule has 0 amide bonds. The Morgan fingerprint density at radius 2 is 1.95 bits per heavy atom. The average molecular weight is 266 g/mol. The van der Waals surface area contributed by atoms with Crippen molar-refractivity contribution in [3.63, 3.8) is 0 Å². The fraction of sp³-hybridized carbons (Fsp3) is 0.667. The molecule has 19 heavy (non-hydrogen) atoms. The van der Waals surface area contributed by atoms with E-state index in [1.807, 2.05) is 32.0 Å². The summed E-state index contributed by atoms with van der Waals surface area (Å²) in [5.41, 5.74) is 1.07. The van der Waals surface area contributed by atoms with Gasteiger partial charge in [-0.05, 0) is 40.7 Å². The number of nitrogens with one attached hydrogen (secondary N) is 1. The third-order valence-corrected chi connectivity index (χ3v) is 2.37. The lowest BCUT2D eigenvalue weighted by Gasteiger charge is -2.20. The van der Waals surface area contributed by atoms with Gasteiger partial charge in [0.2, 0.25) is 5.88 Å². The molecule has 108 valence electrons. The van der Waals surface area contributed by atoms with Crippen molar-refractivity contribution in [2.45, 2.75) is 52.8 Å². The first kappa shape index (κ1) is 15.9. The van der Waals surface area contributed by atoms with Crippen LogP contribution in [0.4, 0.5) is 0 Å². The zero-order chi connectivity index (χ0) is 14.3. The van der Waals surface area contributed by atoms with E-state index in [-0.39, 0.29) is 11.6 Å². The van der Waals surface area contributed by atoms with E-state index in [1.54, 1.807) is 0 Å². The van der Waals surface area contributed by atoms with Gasteiger partial charge < -0.3 is 14.8 Å². The first-order valence-corrected chi connectivity index (χ1v) is 6.82. The second-order valence-electron chi connectivity index (χ2n) is 5.84. The minimum Gasteiger partial charge on any atom is -0.475 e. The molecule has 0 spiro atoms. The first-order valence-electron chi connectivity index (χ1n) is 6.82. The second kappa shape index (κ2) is 7.46. The molecule has 1 aromatic heterocycles. The van der Waals surface area contributed by atoms with Crippen LogP contribution in [-0.4, -0.2) is 29.8 Å². The summed E-state index contributed by atoms with van der Waals surface area (Å²) in [6, 6.07) is 5.83. The molecule has 1 aromatic rings. The zero-order valence-corrected chi connectivity index (χ0v) is 12.7. The van der Waals surface area contributed by atoms with Gasteiger partial charge in [-0.2, -0.15) is 0 Å². The minimum atomic E-state index is 0.0870. The van der Waals surface area contributed by atoms with Crippen LogP contribution in [0.25, 0.3) is 0 Å². The average Bonchev–Trinajstić information content (AvgIpc) is 2.32. The van der Waals surface area contributed by atoms with Crippen LogP contribution in [0.1, 0.15) is 40.3 Å². The quantitative estimate of drug-likeness (QED) is 0.771. The molecule has 1 N–H and O–H groups in total. The molecule has 0 bridgehead atoms. The number of nitrogens with zero attached hydrogens (tertiary/aromatic N) is 1. The second-order valence-corrected chi connectivity index (χ2v) is 5.84. The molecule has 0 aliphatic rings. The van der Waals surface area contributed by atoms with E-state index in [2.05, 4.69) is 31.1 Å². The number of hydrogen-bond donors (Lipinski definition) is 1. The summed E-state index contributed by atoms with van der Waals surface area (Å²) in [5, 5.41) is 3.40. The van der Waals surface area contributed by atoms with Crippen molar-refractivity contribution in [2.75, 3.05) is 13.2 Å². The van der Waals surface area contributed by atoms with E-state index in [9.17, 15) is 0 Å². The van der Waals surface area contributed by atoms with Gasteiger partial charge in [-0.1, -0.05) is 6.07 Å². The maximum absolute atomic E-state index is 5.57. The molecule has 0 atom stereocenters. The van der Waals surface area contributed by atoms with E-state index in [4.69, 9.17) is 9.47 Å². The molecule has 0 aromatic carbocycles. The van der Waals surface area contributed by atoms with Crippen LogP contribution >= 0.6 is 0 Å².